The number of piperidine rings is 1. The van der Waals surface area contributed by atoms with Gasteiger partial charge in [0, 0.05) is 29.6 Å². The van der Waals surface area contributed by atoms with Crippen LogP contribution in [0.3, 0.4) is 0 Å². The maximum atomic E-state index is 12.7. The van der Waals surface area contributed by atoms with Gasteiger partial charge in [0.25, 0.3) is 5.91 Å². The molecule has 2 N–H and O–H groups in total. The molecule has 0 atom stereocenters. The van der Waals surface area contributed by atoms with E-state index in [0.717, 1.165) is 0 Å². The zero-order valence-electron chi connectivity index (χ0n) is 16.3. The van der Waals surface area contributed by atoms with Gasteiger partial charge < -0.3 is 4.74 Å². The Morgan fingerprint density at radius 3 is 2.17 bits per heavy atom. The second kappa shape index (κ2) is 9.46. The smallest absolute Gasteiger partial charge is 0.269 e. The normalized spacial score (nSPS) is 15.4. The van der Waals surface area contributed by atoms with Crippen LogP contribution in [-0.4, -0.2) is 44.7 Å². The van der Waals surface area contributed by atoms with Crippen molar-refractivity contribution in [3.8, 4) is 5.75 Å². The molecule has 2 aromatic rings. The van der Waals surface area contributed by atoms with Crippen LogP contribution in [0.4, 0.5) is 0 Å². The molecule has 2 amide bonds. The van der Waals surface area contributed by atoms with Crippen LogP contribution in [0.15, 0.2) is 53.4 Å². The lowest BCUT2D eigenvalue weighted by molar-refractivity contribution is -0.126. The van der Waals surface area contributed by atoms with Gasteiger partial charge in [-0.05, 0) is 61.4 Å². The second-order valence-electron chi connectivity index (χ2n) is 6.80. The standard InChI is InChI=1S/C20H22ClN3O5S/c1-29-17-6-2-14(3-7-17)19(25)22-23-20(26)15-10-12-24(13-11-15)30(27,28)18-8-4-16(21)5-9-18/h2-9,15H,10-13H2,1H3,(H,22,25)(H,23,26). The summed E-state index contributed by atoms with van der Waals surface area (Å²) in [4.78, 5) is 24.7. The lowest BCUT2D eigenvalue weighted by Crippen LogP contribution is -2.48. The van der Waals surface area contributed by atoms with E-state index in [0.29, 0.717) is 29.2 Å². The van der Waals surface area contributed by atoms with E-state index in [-0.39, 0.29) is 23.9 Å². The van der Waals surface area contributed by atoms with Crippen LogP contribution in [0.1, 0.15) is 23.2 Å². The predicted octanol–water partition coefficient (Wildman–Crippen LogP) is 2.21. The number of amides is 2. The maximum absolute atomic E-state index is 12.7. The number of hydrazine groups is 1. The van der Waals surface area contributed by atoms with Crippen molar-refractivity contribution in [2.24, 2.45) is 5.92 Å². The summed E-state index contributed by atoms with van der Waals surface area (Å²) in [5, 5.41) is 0.459. The molecule has 30 heavy (non-hydrogen) atoms. The summed E-state index contributed by atoms with van der Waals surface area (Å²) in [7, 11) is -2.10. The zero-order valence-corrected chi connectivity index (χ0v) is 17.9. The summed E-state index contributed by atoms with van der Waals surface area (Å²) in [6.45, 7) is 0.435. The fourth-order valence-corrected chi connectivity index (χ4v) is 4.74. The van der Waals surface area contributed by atoms with E-state index in [2.05, 4.69) is 10.9 Å². The van der Waals surface area contributed by atoms with E-state index >= 15 is 0 Å². The molecule has 0 unspecified atom stereocenters. The number of carbonyl (C=O) groups excluding carboxylic acids is 2. The number of ether oxygens (including phenoxy) is 1. The maximum Gasteiger partial charge on any atom is 0.269 e. The monoisotopic (exact) mass is 451 g/mol. The molecule has 160 valence electrons. The van der Waals surface area contributed by atoms with Crippen molar-refractivity contribution in [1.29, 1.82) is 0 Å². The fraction of sp³-hybridized carbons (Fsp3) is 0.300. The van der Waals surface area contributed by atoms with Crippen LogP contribution < -0.4 is 15.6 Å². The summed E-state index contributed by atoms with van der Waals surface area (Å²) >= 11 is 5.82. The Morgan fingerprint density at radius 1 is 1.00 bits per heavy atom. The number of hydrogen-bond donors (Lipinski definition) is 2. The molecular formula is C20H22ClN3O5S. The molecule has 10 heteroatoms. The van der Waals surface area contributed by atoms with Gasteiger partial charge in [-0.2, -0.15) is 4.31 Å². The van der Waals surface area contributed by atoms with E-state index in [1.165, 1.54) is 35.7 Å². The van der Waals surface area contributed by atoms with E-state index in [9.17, 15) is 18.0 Å². The number of carbonyl (C=O) groups is 2. The first-order chi connectivity index (χ1) is 14.3. The Hall–Kier alpha value is -2.62. The average molecular weight is 452 g/mol. The largest absolute Gasteiger partial charge is 0.497 e. The van der Waals surface area contributed by atoms with Crippen molar-refractivity contribution < 1.29 is 22.7 Å². The van der Waals surface area contributed by atoms with Gasteiger partial charge in [-0.25, -0.2) is 8.42 Å². The molecule has 0 radical (unpaired) electrons. The highest BCUT2D eigenvalue weighted by molar-refractivity contribution is 7.89. The van der Waals surface area contributed by atoms with Gasteiger partial charge in [0.05, 0.1) is 12.0 Å². The minimum absolute atomic E-state index is 0.168. The summed E-state index contributed by atoms with van der Waals surface area (Å²) in [5.74, 6) is -0.567. The van der Waals surface area contributed by atoms with Crippen LogP contribution in [0.5, 0.6) is 5.75 Å². The van der Waals surface area contributed by atoms with Crippen molar-refractivity contribution in [2.75, 3.05) is 20.2 Å². The molecule has 0 saturated carbocycles. The zero-order chi connectivity index (χ0) is 21.7. The predicted molar refractivity (Wildman–Crippen MR) is 112 cm³/mol. The highest BCUT2D eigenvalue weighted by Crippen LogP contribution is 2.24. The first-order valence-corrected chi connectivity index (χ1v) is 11.1. The van der Waals surface area contributed by atoms with Crippen molar-refractivity contribution in [1.82, 2.24) is 15.2 Å². The molecule has 3 rings (SSSR count). The highest BCUT2D eigenvalue weighted by Gasteiger charge is 2.32. The van der Waals surface area contributed by atoms with Crippen molar-refractivity contribution in [2.45, 2.75) is 17.7 Å². The van der Waals surface area contributed by atoms with Gasteiger partial charge in [0.1, 0.15) is 5.75 Å². The van der Waals surface area contributed by atoms with Crippen molar-refractivity contribution in [3.63, 3.8) is 0 Å². The van der Waals surface area contributed by atoms with Crippen LogP contribution >= 0.6 is 11.6 Å². The third-order valence-electron chi connectivity index (χ3n) is 4.93. The Morgan fingerprint density at radius 2 is 1.60 bits per heavy atom. The molecule has 0 aromatic heterocycles. The third kappa shape index (κ3) is 5.10. The molecule has 1 heterocycles. The third-order valence-corrected chi connectivity index (χ3v) is 7.09. The summed E-state index contributed by atoms with van der Waals surface area (Å²) in [6.07, 6.45) is 0.716. The number of nitrogens with one attached hydrogen (secondary N) is 2. The Balaban J connectivity index is 1.51. The topological polar surface area (TPSA) is 105 Å². The second-order valence-corrected chi connectivity index (χ2v) is 9.18. The highest BCUT2D eigenvalue weighted by atomic mass is 35.5. The van der Waals surface area contributed by atoms with E-state index in [1.54, 1.807) is 24.3 Å². The molecule has 0 spiro atoms. The molecule has 1 saturated heterocycles. The van der Waals surface area contributed by atoms with Crippen LogP contribution in [-0.2, 0) is 14.8 Å². The number of sulfonamides is 1. The Bertz CT molecular complexity index is 1000. The van der Waals surface area contributed by atoms with Crippen LogP contribution in [0.25, 0.3) is 0 Å². The van der Waals surface area contributed by atoms with Crippen molar-refractivity contribution in [3.05, 3.63) is 59.1 Å². The minimum Gasteiger partial charge on any atom is -0.497 e. The number of halogens is 1. The van der Waals surface area contributed by atoms with Crippen molar-refractivity contribution >= 4 is 33.4 Å². The molecular weight excluding hydrogens is 430 g/mol. The number of nitrogens with zero attached hydrogens (tertiary/aromatic N) is 1. The van der Waals surface area contributed by atoms with E-state index < -0.39 is 21.8 Å². The Kier molecular flexibility index (Phi) is 6.96. The first kappa shape index (κ1) is 22.1. The molecule has 1 fully saturated rings. The summed E-state index contributed by atoms with van der Waals surface area (Å²) < 4.78 is 31.8. The van der Waals surface area contributed by atoms with Crippen LogP contribution in [0, 0.1) is 5.92 Å². The molecule has 1 aliphatic heterocycles. The number of hydrogen-bond acceptors (Lipinski definition) is 5. The van der Waals surface area contributed by atoms with Gasteiger partial charge in [0.15, 0.2) is 0 Å². The van der Waals surface area contributed by atoms with Gasteiger partial charge in [-0.3, -0.25) is 20.4 Å². The minimum atomic E-state index is -3.63. The van der Waals surface area contributed by atoms with Gasteiger partial charge in [-0.1, -0.05) is 11.6 Å². The summed E-state index contributed by atoms with van der Waals surface area (Å²) in [5.41, 5.74) is 5.18. The fourth-order valence-electron chi connectivity index (χ4n) is 3.15. The molecule has 0 bridgehead atoms. The average Bonchev–Trinajstić information content (AvgIpc) is 2.77. The lowest BCUT2D eigenvalue weighted by Gasteiger charge is -2.30. The molecule has 1 aliphatic rings. The lowest BCUT2D eigenvalue weighted by atomic mass is 9.98. The number of rotatable bonds is 5. The van der Waals surface area contributed by atoms with Crippen LogP contribution in [0.2, 0.25) is 5.02 Å². The number of benzene rings is 2. The van der Waals surface area contributed by atoms with Gasteiger partial charge in [0.2, 0.25) is 15.9 Å². The first-order valence-electron chi connectivity index (χ1n) is 9.31. The summed E-state index contributed by atoms with van der Waals surface area (Å²) in [6, 6.07) is 12.4. The van der Waals surface area contributed by atoms with E-state index in [4.69, 9.17) is 16.3 Å². The van der Waals surface area contributed by atoms with E-state index in [1.807, 2.05) is 0 Å². The van der Waals surface area contributed by atoms with Gasteiger partial charge in [-0.15, -0.1) is 0 Å². The molecule has 0 aliphatic carbocycles. The Labute approximate surface area is 180 Å². The quantitative estimate of drug-likeness (QED) is 0.678. The molecule has 2 aromatic carbocycles. The SMILES string of the molecule is COc1ccc(C(=O)NNC(=O)C2CCN(S(=O)(=O)c3ccc(Cl)cc3)CC2)cc1. The molecule has 8 nitrogen and oxygen atoms in total. The van der Waals surface area contributed by atoms with Gasteiger partial charge >= 0.3 is 0 Å². The number of methoxy groups -OCH3 is 1.